The summed E-state index contributed by atoms with van der Waals surface area (Å²) in [4.78, 5) is 11.5. The summed E-state index contributed by atoms with van der Waals surface area (Å²) in [6, 6.07) is 17.1. The fourth-order valence-corrected chi connectivity index (χ4v) is 5.75. The lowest BCUT2D eigenvalue weighted by Crippen LogP contribution is -2.51. The number of phenols is 1. The van der Waals surface area contributed by atoms with Gasteiger partial charge in [0.1, 0.15) is 35.1 Å². The molecule has 0 spiro atoms. The van der Waals surface area contributed by atoms with Crippen molar-refractivity contribution in [3.63, 3.8) is 0 Å². The highest BCUT2D eigenvalue weighted by Crippen LogP contribution is 2.39. The monoisotopic (exact) mass is 511 g/mol. The Labute approximate surface area is 218 Å². The van der Waals surface area contributed by atoms with Crippen LogP contribution in [0.5, 0.6) is 11.8 Å². The van der Waals surface area contributed by atoms with Gasteiger partial charge in [-0.05, 0) is 54.3 Å². The van der Waals surface area contributed by atoms with E-state index in [1.54, 1.807) is 24.3 Å². The maximum atomic E-state index is 16.4. The van der Waals surface area contributed by atoms with Crippen LogP contribution < -0.4 is 15.0 Å². The fourth-order valence-electron chi connectivity index (χ4n) is 5.75. The smallest absolute Gasteiger partial charge is 0.319 e. The molecular weight excluding hydrogens is 485 g/mol. The summed E-state index contributed by atoms with van der Waals surface area (Å²) in [5, 5.41) is 20.3. The minimum absolute atomic E-state index is 0.0739. The Kier molecular flexibility index (Phi) is 5.40. The molecule has 38 heavy (non-hydrogen) atoms. The number of hydrogen-bond acceptors (Lipinski definition) is 8. The molecule has 0 radical (unpaired) electrons. The number of anilines is 1. The second kappa shape index (κ2) is 8.95. The van der Waals surface area contributed by atoms with Crippen molar-refractivity contribution in [3.8, 4) is 22.9 Å². The minimum atomic E-state index is -0.484. The molecular formula is C29H26FN5O3. The van der Waals surface area contributed by atoms with Crippen molar-refractivity contribution >= 4 is 27.5 Å². The molecule has 0 saturated carbocycles. The van der Waals surface area contributed by atoms with E-state index in [0.717, 1.165) is 36.7 Å². The largest absolute Gasteiger partial charge is 0.508 e. The van der Waals surface area contributed by atoms with Crippen molar-refractivity contribution in [2.45, 2.75) is 38.5 Å². The average molecular weight is 512 g/mol. The van der Waals surface area contributed by atoms with Gasteiger partial charge in [0, 0.05) is 42.2 Å². The highest BCUT2D eigenvalue weighted by molar-refractivity contribution is 6.01. The van der Waals surface area contributed by atoms with Crippen molar-refractivity contribution in [1.82, 2.24) is 20.4 Å². The summed E-state index contributed by atoms with van der Waals surface area (Å²) in [6.45, 7) is 3.48. The van der Waals surface area contributed by atoms with Crippen LogP contribution in [-0.4, -0.2) is 45.4 Å². The van der Waals surface area contributed by atoms with Crippen LogP contribution in [0.3, 0.4) is 0 Å². The van der Waals surface area contributed by atoms with Gasteiger partial charge in [-0.3, -0.25) is 0 Å². The maximum Gasteiger partial charge on any atom is 0.319 e. The van der Waals surface area contributed by atoms with E-state index < -0.39 is 5.82 Å². The molecule has 3 aromatic carbocycles. The van der Waals surface area contributed by atoms with Crippen molar-refractivity contribution in [2.75, 3.05) is 18.0 Å². The van der Waals surface area contributed by atoms with Crippen LogP contribution in [0.4, 0.5) is 10.2 Å². The Morgan fingerprint density at radius 3 is 2.63 bits per heavy atom. The van der Waals surface area contributed by atoms with Crippen LogP contribution in [0.15, 0.2) is 59.1 Å². The number of piperazine rings is 1. The Balaban J connectivity index is 1.37. The third kappa shape index (κ3) is 3.99. The van der Waals surface area contributed by atoms with E-state index in [-0.39, 0.29) is 23.9 Å². The number of fused-ring (bicyclic) bond motifs is 4. The average Bonchev–Trinajstić information content (AvgIpc) is 3.50. The topological polar surface area (TPSA) is 96.5 Å². The van der Waals surface area contributed by atoms with E-state index >= 15 is 4.39 Å². The molecule has 7 rings (SSSR count). The molecule has 0 amide bonds. The number of nitrogens with one attached hydrogen (secondary N) is 1. The van der Waals surface area contributed by atoms with Crippen LogP contribution in [0.1, 0.15) is 24.3 Å². The van der Waals surface area contributed by atoms with Gasteiger partial charge in [-0.1, -0.05) is 35.5 Å². The number of aryl methyl sites for hydroxylation is 1. The highest BCUT2D eigenvalue weighted by atomic mass is 19.1. The van der Waals surface area contributed by atoms with Crippen molar-refractivity contribution < 1.29 is 18.8 Å². The predicted molar refractivity (Wildman–Crippen MR) is 142 cm³/mol. The molecule has 2 fully saturated rings. The van der Waals surface area contributed by atoms with Gasteiger partial charge >= 0.3 is 6.01 Å². The van der Waals surface area contributed by atoms with Crippen LogP contribution >= 0.6 is 0 Å². The standard InChI is InChI=1S/C29H26FN5O3/c1-16-10-20(34-38-16)15-37-29-32-27-24(28(33-29)35-13-18-6-7-19(14-35)31-18)9-8-23(26(27)30)25-12-21(36)11-17-4-2-3-5-22(17)25/h2-5,8-12,18-19,31,36H,6-7,13-15H2,1H3/t18-,19+. The number of aromatic nitrogens is 3. The number of aromatic hydroxyl groups is 1. The molecule has 8 nitrogen and oxygen atoms in total. The van der Waals surface area contributed by atoms with Gasteiger partial charge in [-0.25, -0.2) is 4.39 Å². The van der Waals surface area contributed by atoms with Crippen molar-refractivity contribution in [1.29, 1.82) is 0 Å². The summed E-state index contributed by atoms with van der Waals surface area (Å²) >= 11 is 0. The number of halogens is 1. The van der Waals surface area contributed by atoms with E-state index in [4.69, 9.17) is 14.2 Å². The Morgan fingerprint density at radius 2 is 1.84 bits per heavy atom. The number of hydrogen-bond donors (Lipinski definition) is 2. The first-order valence-corrected chi connectivity index (χ1v) is 12.8. The van der Waals surface area contributed by atoms with Gasteiger partial charge in [0.05, 0.1) is 0 Å². The zero-order chi connectivity index (χ0) is 25.8. The first-order valence-electron chi connectivity index (χ1n) is 12.8. The minimum Gasteiger partial charge on any atom is -0.508 e. The molecule has 2 bridgehead atoms. The first kappa shape index (κ1) is 22.9. The molecule has 2 N–H and O–H groups in total. The molecule has 2 saturated heterocycles. The van der Waals surface area contributed by atoms with E-state index in [0.29, 0.717) is 45.9 Å². The van der Waals surface area contributed by atoms with Gasteiger partial charge in [0.2, 0.25) is 0 Å². The molecule has 2 atom stereocenters. The van der Waals surface area contributed by atoms with E-state index in [2.05, 4.69) is 20.4 Å². The van der Waals surface area contributed by atoms with Gasteiger partial charge in [-0.2, -0.15) is 9.97 Å². The molecule has 0 unspecified atom stereocenters. The molecule has 4 heterocycles. The summed E-state index contributed by atoms with van der Waals surface area (Å²) in [7, 11) is 0. The quantitative estimate of drug-likeness (QED) is 0.336. The zero-order valence-electron chi connectivity index (χ0n) is 20.8. The molecule has 2 aliphatic heterocycles. The highest BCUT2D eigenvalue weighted by Gasteiger charge is 2.34. The van der Waals surface area contributed by atoms with Gasteiger partial charge in [0.25, 0.3) is 0 Å². The lowest BCUT2D eigenvalue weighted by molar-refractivity contribution is 0.267. The van der Waals surface area contributed by atoms with E-state index in [1.165, 1.54) is 0 Å². The molecule has 192 valence electrons. The van der Waals surface area contributed by atoms with Gasteiger partial charge in [-0.15, -0.1) is 0 Å². The van der Waals surface area contributed by atoms with Crippen LogP contribution in [-0.2, 0) is 6.61 Å². The van der Waals surface area contributed by atoms with Crippen molar-refractivity contribution in [3.05, 3.63) is 71.9 Å². The number of nitrogens with zero attached hydrogens (tertiary/aromatic N) is 4. The van der Waals surface area contributed by atoms with Crippen LogP contribution in [0, 0.1) is 12.7 Å². The maximum absolute atomic E-state index is 16.4. The van der Waals surface area contributed by atoms with Crippen LogP contribution in [0.25, 0.3) is 32.8 Å². The number of benzene rings is 3. The Bertz CT molecular complexity index is 1670. The summed E-state index contributed by atoms with van der Waals surface area (Å²) in [5.74, 6) is 0.923. The van der Waals surface area contributed by atoms with Gasteiger partial charge in [0.15, 0.2) is 5.82 Å². The third-order valence-corrected chi connectivity index (χ3v) is 7.44. The fraction of sp³-hybridized carbons (Fsp3) is 0.276. The normalized spacial score (nSPS) is 18.9. The van der Waals surface area contributed by atoms with E-state index in [9.17, 15) is 5.11 Å². The molecule has 5 aromatic rings. The lowest BCUT2D eigenvalue weighted by Gasteiger charge is -2.34. The summed E-state index contributed by atoms with van der Waals surface area (Å²) < 4.78 is 27.4. The zero-order valence-corrected chi connectivity index (χ0v) is 20.8. The Morgan fingerprint density at radius 1 is 1.03 bits per heavy atom. The lowest BCUT2D eigenvalue weighted by atomic mass is 9.96. The number of rotatable bonds is 5. The van der Waals surface area contributed by atoms with Crippen molar-refractivity contribution in [2.24, 2.45) is 0 Å². The number of phenolic OH excluding ortho intramolecular Hbond substituents is 1. The molecule has 0 aliphatic carbocycles. The molecule has 2 aromatic heterocycles. The number of ether oxygens (including phenoxy) is 1. The SMILES string of the molecule is Cc1cc(COc2nc(N3C[C@H]4CC[C@@H](C3)N4)c3ccc(-c4cc(O)cc5ccccc45)c(F)c3n2)no1. The summed E-state index contributed by atoms with van der Waals surface area (Å²) in [6.07, 6.45) is 2.23. The van der Waals surface area contributed by atoms with E-state index in [1.807, 2.05) is 37.3 Å². The first-order chi connectivity index (χ1) is 18.5. The van der Waals surface area contributed by atoms with Gasteiger partial charge < -0.3 is 24.6 Å². The molecule has 9 heteroatoms. The van der Waals surface area contributed by atoms with Crippen LogP contribution in [0.2, 0.25) is 0 Å². The third-order valence-electron chi connectivity index (χ3n) is 7.44. The second-order valence-corrected chi connectivity index (χ2v) is 10.1. The second-order valence-electron chi connectivity index (χ2n) is 10.1. The molecule has 2 aliphatic rings. The Hall–Kier alpha value is -4.24. The predicted octanol–water partition coefficient (Wildman–Crippen LogP) is 5.11. The summed E-state index contributed by atoms with van der Waals surface area (Å²) in [5.41, 5.74) is 1.74.